The maximum absolute atomic E-state index is 11.8. The molecule has 0 spiro atoms. The molecule has 4 heteroatoms. The second kappa shape index (κ2) is 2.21. The maximum Gasteiger partial charge on any atom is 0.198 e. The van der Waals surface area contributed by atoms with Crippen molar-refractivity contribution in [3.8, 4) is 0 Å². The van der Waals surface area contributed by atoms with Crippen LogP contribution in [0, 0.1) is 11.8 Å². The fraction of sp³-hybridized carbons (Fsp3) is 0.900. The predicted octanol–water partition coefficient (Wildman–Crippen LogP) is 0.435. The van der Waals surface area contributed by atoms with Gasteiger partial charge < -0.3 is 14.6 Å². The highest BCUT2D eigenvalue weighted by atomic mass is 16.8. The second-order valence-electron chi connectivity index (χ2n) is 4.93. The monoisotopic (exact) mass is 198 g/mol. The van der Waals surface area contributed by atoms with Crippen LogP contribution < -0.4 is 0 Å². The van der Waals surface area contributed by atoms with Gasteiger partial charge in [-0.2, -0.15) is 0 Å². The molecule has 4 nitrogen and oxygen atoms in total. The lowest BCUT2D eigenvalue weighted by Gasteiger charge is -2.44. The number of carbonyl (C=O) groups excluding carboxylic acids is 1. The Labute approximate surface area is 82.2 Å². The van der Waals surface area contributed by atoms with Crippen LogP contribution in [0.25, 0.3) is 0 Å². The molecule has 2 saturated heterocycles. The van der Waals surface area contributed by atoms with E-state index in [0.717, 1.165) is 0 Å². The van der Waals surface area contributed by atoms with Gasteiger partial charge in [0.15, 0.2) is 12.1 Å². The van der Waals surface area contributed by atoms with Crippen LogP contribution in [-0.2, 0) is 14.3 Å². The molecule has 0 aromatic rings. The van der Waals surface area contributed by atoms with E-state index in [1.54, 1.807) is 6.92 Å². The first-order valence-corrected chi connectivity index (χ1v) is 5.06. The number of rotatable bonds is 0. The summed E-state index contributed by atoms with van der Waals surface area (Å²) < 4.78 is 11.1. The normalized spacial score (nSPS) is 60.8. The Bertz CT molecular complexity index is 315. The topological polar surface area (TPSA) is 55.8 Å². The smallest absolute Gasteiger partial charge is 0.198 e. The molecular formula is C10H14O4. The molecule has 78 valence electrons. The zero-order valence-corrected chi connectivity index (χ0v) is 8.32. The molecule has 0 radical (unpaired) electrons. The molecule has 0 aromatic heterocycles. The fourth-order valence-corrected chi connectivity index (χ4v) is 2.89. The van der Waals surface area contributed by atoms with E-state index in [4.69, 9.17) is 9.47 Å². The van der Waals surface area contributed by atoms with Gasteiger partial charge in [-0.15, -0.1) is 0 Å². The molecule has 14 heavy (non-hydrogen) atoms. The Hall–Kier alpha value is -0.450. The van der Waals surface area contributed by atoms with Crippen molar-refractivity contribution in [1.29, 1.82) is 0 Å². The van der Waals surface area contributed by atoms with Gasteiger partial charge in [-0.05, 0) is 6.92 Å². The van der Waals surface area contributed by atoms with Crippen LogP contribution in [0.1, 0.15) is 26.7 Å². The van der Waals surface area contributed by atoms with Gasteiger partial charge in [-0.1, -0.05) is 6.92 Å². The van der Waals surface area contributed by atoms with Crippen LogP contribution in [0.4, 0.5) is 0 Å². The minimum absolute atomic E-state index is 0.0621. The van der Waals surface area contributed by atoms with Crippen molar-refractivity contribution in [2.24, 2.45) is 11.8 Å². The molecule has 5 atom stereocenters. The average Bonchev–Trinajstić information content (AvgIpc) is 2.26. The molecule has 1 aliphatic carbocycles. The summed E-state index contributed by atoms with van der Waals surface area (Å²) in [5.74, 6) is -1.06. The number of ketones is 1. The lowest BCUT2D eigenvalue weighted by molar-refractivity contribution is -0.266. The number of hydrogen-bond acceptors (Lipinski definition) is 4. The Kier molecular flexibility index (Phi) is 1.39. The summed E-state index contributed by atoms with van der Waals surface area (Å²) in [6.07, 6.45) is 0.254. The highest BCUT2D eigenvalue weighted by Gasteiger charge is 2.68. The average molecular weight is 198 g/mol. The van der Waals surface area contributed by atoms with Gasteiger partial charge in [-0.3, -0.25) is 4.79 Å². The third-order valence-electron chi connectivity index (χ3n) is 4.00. The SMILES string of the molecule is C[C@H]1[C@H]2O[C@]3(O)C[C@@H]1C(=O)C[C@]3(C)O2. The molecule has 0 amide bonds. The zero-order chi connectivity index (χ0) is 10.1. The predicted molar refractivity (Wildman–Crippen MR) is 46.2 cm³/mol. The summed E-state index contributed by atoms with van der Waals surface area (Å²) in [6, 6.07) is 0. The molecule has 3 fully saturated rings. The van der Waals surface area contributed by atoms with Gasteiger partial charge in [0.25, 0.3) is 0 Å². The number of hydrogen-bond donors (Lipinski definition) is 1. The van der Waals surface area contributed by atoms with Gasteiger partial charge in [0.1, 0.15) is 11.4 Å². The molecule has 3 bridgehead atoms. The first-order chi connectivity index (χ1) is 6.45. The molecule has 2 aliphatic heterocycles. The molecule has 3 rings (SSSR count). The molecule has 1 N–H and O–H groups in total. The van der Waals surface area contributed by atoms with E-state index in [1.165, 1.54) is 0 Å². The fourth-order valence-electron chi connectivity index (χ4n) is 2.89. The van der Waals surface area contributed by atoms with Crippen LogP contribution in [0.5, 0.6) is 0 Å². The van der Waals surface area contributed by atoms with Crippen molar-refractivity contribution in [1.82, 2.24) is 0 Å². The molecule has 0 unspecified atom stereocenters. The summed E-state index contributed by atoms with van der Waals surface area (Å²) in [5, 5.41) is 10.2. The number of Topliss-reactive ketones (excluding diaryl/α,β-unsaturated/α-hetero) is 1. The minimum atomic E-state index is -1.23. The van der Waals surface area contributed by atoms with E-state index < -0.39 is 17.7 Å². The van der Waals surface area contributed by atoms with Gasteiger partial charge in [0.2, 0.25) is 0 Å². The van der Waals surface area contributed by atoms with Crippen LogP contribution in [0.2, 0.25) is 0 Å². The van der Waals surface area contributed by atoms with Crippen LogP contribution in [0.15, 0.2) is 0 Å². The summed E-state index contributed by atoms with van der Waals surface area (Å²) >= 11 is 0. The van der Waals surface area contributed by atoms with E-state index in [9.17, 15) is 9.90 Å². The minimum Gasteiger partial charge on any atom is -0.363 e. The number of fused-ring (bicyclic) bond motifs is 2. The lowest BCUT2D eigenvalue weighted by Crippen LogP contribution is -2.58. The van der Waals surface area contributed by atoms with E-state index in [1.807, 2.05) is 6.92 Å². The van der Waals surface area contributed by atoms with Crippen molar-refractivity contribution in [2.75, 3.05) is 0 Å². The lowest BCUT2D eigenvalue weighted by atomic mass is 9.70. The van der Waals surface area contributed by atoms with Gasteiger partial charge in [-0.25, -0.2) is 0 Å². The van der Waals surface area contributed by atoms with E-state index >= 15 is 0 Å². The van der Waals surface area contributed by atoms with Crippen molar-refractivity contribution in [2.45, 2.75) is 44.4 Å². The van der Waals surface area contributed by atoms with Gasteiger partial charge in [0, 0.05) is 24.7 Å². The van der Waals surface area contributed by atoms with Gasteiger partial charge in [0.05, 0.1) is 0 Å². The summed E-state index contributed by atoms with van der Waals surface area (Å²) in [6.45, 7) is 3.71. The molecule has 1 saturated carbocycles. The highest BCUT2D eigenvalue weighted by Crippen LogP contribution is 2.55. The number of aliphatic hydroxyl groups is 1. The summed E-state index contributed by atoms with van der Waals surface area (Å²) in [4.78, 5) is 11.8. The molecule has 3 aliphatic rings. The first-order valence-electron chi connectivity index (χ1n) is 5.06. The quantitative estimate of drug-likeness (QED) is 0.613. The van der Waals surface area contributed by atoms with Crippen molar-refractivity contribution in [3.63, 3.8) is 0 Å². The highest BCUT2D eigenvalue weighted by molar-refractivity contribution is 5.84. The standard InChI is InChI=1S/C10H14O4/c1-5-6-3-10(12)9(2,4-7(6)11)13-8(5)14-10/h5-6,8,12H,3-4H2,1-2H3/t5-,6+,8-,9+,10-/m1/s1. The summed E-state index contributed by atoms with van der Waals surface area (Å²) in [7, 11) is 0. The van der Waals surface area contributed by atoms with Crippen LogP contribution >= 0.6 is 0 Å². The van der Waals surface area contributed by atoms with E-state index in [0.29, 0.717) is 6.42 Å². The third-order valence-corrected chi connectivity index (χ3v) is 4.00. The van der Waals surface area contributed by atoms with Crippen LogP contribution in [-0.4, -0.2) is 28.6 Å². The Balaban J connectivity index is 2.11. The molecular weight excluding hydrogens is 184 g/mol. The molecule has 0 aromatic carbocycles. The van der Waals surface area contributed by atoms with Crippen molar-refractivity contribution in [3.05, 3.63) is 0 Å². The number of carbonyl (C=O) groups is 1. The second-order valence-corrected chi connectivity index (χ2v) is 4.93. The number of ether oxygens (including phenoxy) is 2. The molecule has 2 heterocycles. The van der Waals surface area contributed by atoms with Crippen molar-refractivity contribution >= 4 is 5.78 Å². The van der Waals surface area contributed by atoms with Crippen LogP contribution in [0.3, 0.4) is 0 Å². The van der Waals surface area contributed by atoms with E-state index in [-0.39, 0.29) is 24.0 Å². The Morgan fingerprint density at radius 1 is 1.50 bits per heavy atom. The Morgan fingerprint density at radius 3 is 2.93 bits per heavy atom. The third kappa shape index (κ3) is 0.782. The summed E-state index contributed by atoms with van der Waals surface area (Å²) in [5.41, 5.74) is -0.823. The Morgan fingerprint density at radius 2 is 2.21 bits per heavy atom. The van der Waals surface area contributed by atoms with E-state index in [2.05, 4.69) is 0 Å². The van der Waals surface area contributed by atoms with Gasteiger partial charge >= 0.3 is 0 Å². The van der Waals surface area contributed by atoms with Crippen molar-refractivity contribution < 1.29 is 19.4 Å². The zero-order valence-electron chi connectivity index (χ0n) is 8.32. The maximum atomic E-state index is 11.8. The largest absolute Gasteiger partial charge is 0.363 e. The first kappa shape index (κ1) is 8.83.